The molecule has 2 aliphatic heterocycles. The van der Waals surface area contributed by atoms with Gasteiger partial charge in [0.05, 0.1) is 41.6 Å². The molecule has 2 bridgehead atoms. The minimum Gasteiger partial charge on any atom is -0.493 e. The number of anilines is 1. The second-order valence-electron chi connectivity index (χ2n) is 12.7. The molecule has 1 aromatic heterocycles. The molecule has 4 aliphatic rings. The standard InChI is InChI=1S/C34H38N4O6S/c1-36(2)24-10-5-6-11-27(24)45(41,42)38-20-18-33-30-22-12-14-26(43-4)31(30)44-32(33)25(16-17-34(33,40)28(38)21-22)37(3)29(39)15-13-23-9-7-8-19-35-23/h5-15,19,25,28,32,40H,16-18,20-21H2,1-4H3/t25-,28-,32+,33+,34-/m1/s1. The van der Waals surface area contributed by atoms with E-state index in [2.05, 4.69) is 4.98 Å². The van der Waals surface area contributed by atoms with Gasteiger partial charge in [-0.15, -0.1) is 0 Å². The number of ether oxygens (including phenoxy) is 2. The second kappa shape index (κ2) is 10.6. The highest BCUT2D eigenvalue weighted by molar-refractivity contribution is 7.89. The third-order valence-corrected chi connectivity index (χ3v) is 12.4. The quantitative estimate of drug-likeness (QED) is 0.396. The molecular formula is C34H38N4O6S. The monoisotopic (exact) mass is 630 g/mol. The number of para-hydroxylation sites is 1. The molecule has 1 amide bonds. The number of methoxy groups -OCH3 is 1. The fraction of sp³-hybridized carbons (Fsp3) is 0.412. The van der Waals surface area contributed by atoms with E-state index in [1.807, 2.05) is 50.5 Å². The number of benzene rings is 2. The van der Waals surface area contributed by atoms with Crippen LogP contribution in [0.3, 0.4) is 0 Å². The van der Waals surface area contributed by atoms with Gasteiger partial charge in [0.15, 0.2) is 11.5 Å². The highest BCUT2D eigenvalue weighted by Crippen LogP contribution is 2.66. The molecule has 0 radical (unpaired) electrons. The Morgan fingerprint density at radius 1 is 1.11 bits per heavy atom. The predicted octanol–water partition coefficient (Wildman–Crippen LogP) is 3.24. The van der Waals surface area contributed by atoms with Crippen LogP contribution in [0.25, 0.3) is 6.08 Å². The van der Waals surface area contributed by atoms with Crippen LogP contribution < -0.4 is 14.4 Å². The summed E-state index contributed by atoms with van der Waals surface area (Å²) in [5.74, 6) is 0.950. The first-order valence-corrected chi connectivity index (χ1v) is 16.7. The van der Waals surface area contributed by atoms with E-state index in [1.54, 1.807) is 54.4 Å². The maximum absolute atomic E-state index is 14.5. The Bertz CT molecular complexity index is 1800. The van der Waals surface area contributed by atoms with Crippen LogP contribution in [-0.2, 0) is 26.7 Å². The number of nitrogens with zero attached hydrogens (tertiary/aromatic N) is 4. The number of carbonyl (C=O) groups excluding carboxylic acids is 1. The van der Waals surface area contributed by atoms with Crippen molar-refractivity contribution in [3.05, 3.63) is 83.7 Å². The molecule has 1 saturated carbocycles. The third kappa shape index (κ3) is 4.17. The summed E-state index contributed by atoms with van der Waals surface area (Å²) in [4.78, 5) is 21.5. The summed E-state index contributed by atoms with van der Waals surface area (Å²) >= 11 is 0. The van der Waals surface area contributed by atoms with Crippen molar-refractivity contribution >= 4 is 27.7 Å². The van der Waals surface area contributed by atoms with Crippen molar-refractivity contribution in [2.75, 3.05) is 39.7 Å². The van der Waals surface area contributed by atoms with Gasteiger partial charge in [0.25, 0.3) is 0 Å². The van der Waals surface area contributed by atoms with Crippen molar-refractivity contribution in [1.82, 2.24) is 14.2 Å². The van der Waals surface area contributed by atoms with E-state index in [1.165, 1.54) is 10.4 Å². The van der Waals surface area contributed by atoms with Gasteiger partial charge in [-0.25, -0.2) is 8.42 Å². The molecule has 1 spiro atoms. The normalized spacial score (nSPS) is 28.3. The van der Waals surface area contributed by atoms with Gasteiger partial charge in [0.2, 0.25) is 15.9 Å². The Kier molecular flexibility index (Phi) is 6.99. The number of aromatic nitrogens is 1. The van der Waals surface area contributed by atoms with Crippen LogP contribution in [0.2, 0.25) is 0 Å². The zero-order valence-electron chi connectivity index (χ0n) is 25.9. The number of amides is 1. The van der Waals surface area contributed by atoms with Crippen molar-refractivity contribution in [3.8, 4) is 11.5 Å². The van der Waals surface area contributed by atoms with Gasteiger partial charge in [-0.05, 0) is 67.7 Å². The zero-order chi connectivity index (χ0) is 31.7. The number of rotatable bonds is 7. The average Bonchev–Trinajstić information content (AvgIpc) is 3.39. The molecule has 3 heterocycles. The van der Waals surface area contributed by atoms with Crippen LogP contribution in [0.5, 0.6) is 11.5 Å². The highest BCUT2D eigenvalue weighted by atomic mass is 32.2. The lowest BCUT2D eigenvalue weighted by atomic mass is 9.48. The van der Waals surface area contributed by atoms with E-state index in [-0.39, 0.29) is 23.4 Å². The van der Waals surface area contributed by atoms with Gasteiger partial charge < -0.3 is 24.4 Å². The van der Waals surface area contributed by atoms with Crippen molar-refractivity contribution in [2.45, 2.75) is 59.8 Å². The van der Waals surface area contributed by atoms with Gasteiger partial charge in [-0.3, -0.25) is 9.78 Å². The molecule has 3 aromatic rings. The van der Waals surface area contributed by atoms with Crippen LogP contribution >= 0.6 is 0 Å². The Balaban J connectivity index is 1.31. The molecule has 11 heteroatoms. The van der Waals surface area contributed by atoms with E-state index >= 15 is 0 Å². The van der Waals surface area contributed by atoms with Gasteiger partial charge >= 0.3 is 0 Å². The highest BCUT2D eigenvalue weighted by Gasteiger charge is 2.74. The summed E-state index contributed by atoms with van der Waals surface area (Å²) in [5.41, 5.74) is 0.751. The lowest BCUT2D eigenvalue weighted by molar-refractivity contribution is -0.186. The molecule has 10 nitrogen and oxygen atoms in total. The molecule has 1 N–H and O–H groups in total. The SMILES string of the molecule is COc1ccc2c3c1O[C@H]1[C@H](N(C)C(=O)C=Cc4ccccn4)CC[C@@]4(O)[C@@H](C2)N(S(=O)(=O)c2ccccc2N(C)C)CC[C@]314. The van der Waals surface area contributed by atoms with E-state index in [0.29, 0.717) is 48.6 Å². The molecule has 7 rings (SSSR count). The fourth-order valence-electron chi connectivity index (χ4n) is 8.40. The minimum absolute atomic E-state index is 0.202. The number of sulfonamides is 1. The van der Waals surface area contributed by atoms with E-state index in [0.717, 1.165) is 11.1 Å². The van der Waals surface area contributed by atoms with E-state index in [9.17, 15) is 18.3 Å². The average molecular weight is 631 g/mol. The van der Waals surface area contributed by atoms with E-state index < -0.39 is 33.2 Å². The Labute approximate surface area is 263 Å². The molecule has 1 saturated heterocycles. The summed E-state index contributed by atoms with van der Waals surface area (Å²) in [6, 6.07) is 15.2. The third-order valence-electron chi connectivity index (χ3n) is 10.4. The smallest absolute Gasteiger partial charge is 0.246 e. The summed E-state index contributed by atoms with van der Waals surface area (Å²) in [6.45, 7) is 0.205. The number of carbonyl (C=O) groups is 1. The minimum atomic E-state index is -3.99. The van der Waals surface area contributed by atoms with Gasteiger partial charge in [0, 0.05) is 45.5 Å². The van der Waals surface area contributed by atoms with Crippen LogP contribution in [0.4, 0.5) is 5.69 Å². The number of piperidine rings is 1. The van der Waals surface area contributed by atoms with Crippen molar-refractivity contribution in [3.63, 3.8) is 0 Å². The first-order valence-electron chi connectivity index (χ1n) is 15.3. The van der Waals surface area contributed by atoms with Crippen LogP contribution in [-0.4, -0.2) is 92.2 Å². The molecule has 5 atom stereocenters. The fourth-order valence-corrected chi connectivity index (χ4v) is 10.3. The maximum Gasteiger partial charge on any atom is 0.246 e. The molecule has 45 heavy (non-hydrogen) atoms. The molecule has 0 unspecified atom stereocenters. The predicted molar refractivity (Wildman–Crippen MR) is 170 cm³/mol. The van der Waals surface area contributed by atoms with Gasteiger partial charge in [-0.2, -0.15) is 4.31 Å². The molecule has 2 aliphatic carbocycles. The first-order chi connectivity index (χ1) is 21.5. The Hall–Kier alpha value is -3.93. The Morgan fingerprint density at radius 2 is 1.89 bits per heavy atom. The first kappa shape index (κ1) is 29.8. The topological polar surface area (TPSA) is 113 Å². The molecular weight excluding hydrogens is 592 g/mol. The second-order valence-corrected chi connectivity index (χ2v) is 14.5. The summed E-state index contributed by atoms with van der Waals surface area (Å²) in [6.07, 6.45) is 5.70. The van der Waals surface area contributed by atoms with Gasteiger partial charge in [0.1, 0.15) is 11.0 Å². The summed E-state index contributed by atoms with van der Waals surface area (Å²) in [7, 11) is 3.01. The molecule has 236 valence electrons. The summed E-state index contributed by atoms with van der Waals surface area (Å²) < 4.78 is 42.9. The van der Waals surface area contributed by atoms with Crippen molar-refractivity contribution < 1.29 is 27.8 Å². The Morgan fingerprint density at radius 3 is 2.62 bits per heavy atom. The largest absolute Gasteiger partial charge is 0.493 e. The van der Waals surface area contributed by atoms with E-state index in [4.69, 9.17) is 9.47 Å². The maximum atomic E-state index is 14.5. The number of aliphatic hydroxyl groups is 1. The van der Waals surface area contributed by atoms with Crippen molar-refractivity contribution in [2.24, 2.45) is 0 Å². The number of likely N-dealkylation sites (N-methyl/N-ethyl adjacent to an activating group) is 1. The molecule has 2 fully saturated rings. The van der Waals surface area contributed by atoms with Crippen molar-refractivity contribution in [1.29, 1.82) is 0 Å². The lowest BCUT2D eigenvalue weighted by Gasteiger charge is -2.64. The van der Waals surface area contributed by atoms with Gasteiger partial charge in [-0.1, -0.05) is 24.3 Å². The number of hydrogen-bond acceptors (Lipinski definition) is 8. The molecule has 2 aromatic carbocycles. The summed E-state index contributed by atoms with van der Waals surface area (Å²) in [5, 5.41) is 13.0. The van der Waals surface area contributed by atoms with Crippen LogP contribution in [0.1, 0.15) is 36.1 Å². The zero-order valence-corrected chi connectivity index (χ0v) is 26.7. The van der Waals surface area contributed by atoms with Crippen LogP contribution in [0.15, 0.2) is 71.8 Å². The number of hydrogen-bond donors (Lipinski definition) is 1. The number of pyridine rings is 1. The lowest BCUT2D eigenvalue weighted by Crippen LogP contribution is -2.78. The van der Waals surface area contributed by atoms with Crippen LogP contribution in [0, 0.1) is 0 Å².